The van der Waals surface area contributed by atoms with Crippen LogP contribution in [0.15, 0.2) is 82.3 Å². The van der Waals surface area contributed by atoms with Gasteiger partial charge in [0.25, 0.3) is 0 Å². The van der Waals surface area contributed by atoms with Gasteiger partial charge >= 0.3 is 0 Å². The van der Waals surface area contributed by atoms with Crippen molar-refractivity contribution in [3.8, 4) is 10.6 Å². The number of thiazole rings is 1. The predicted molar refractivity (Wildman–Crippen MR) is 106 cm³/mol. The van der Waals surface area contributed by atoms with Crippen molar-refractivity contribution in [2.24, 2.45) is 4.99 Å². The van der Waals surface area contributed by atoms with Crippen molar-refractivity contribution < 1.29 is 0 Å². The van der Waals surface area contributed by atoms with Gasteiger partial charge in [0.2, 0.25) is 0 Å². The summed E-state index contributed by atoms with van der Waals surface area (Å²) in [5.41, 5.74) is 4.17. The van der Waals surface area contributed by atoms with E-state index in [2.05, 4.69) is 39.1 Å². The van der Waals surface area contributed by atoms with Crippen LogP contribution in [0, 0.1) is 0 Å². The highest BCUT2D eigenvalue weighted by Crippen LogP contribution is 2.30. The van der Waals surface area contributed by atoms with Crippen LogP contribution in [-0.4, -0.2) is 11.2 Å². The molecule has 0 bridgehead atoms. The molecule has 0 N–H and O–H groups in total. The topological polar surface area (TPSA) is 25.2 Å². The van der Waals surface area contributed by atoms with Gasteiger partial charge in [-0.2, -0.15) is 0 Å². The molecule has 1 aromatic heterocycles. The Balaban J connectivity index is 1.58. The van der Waals surface area contributed by atoms with Crippen LogP contribution < -0.4 is 0 Å². The minimum atomic E-state index is 0.930. The Morgan fingerprint density at radius 1 is 0.917 bits per heavy atom. The Morgan fingerprint density at radius 2 is 1.75 bits per heavy atom. The number of hydrogen-bond acceptors (Lipinski definition) is 3. The molecule has 0 saturated heterocycles. The van der Waals surface area contributed by atoms with Crippen LogP contribution >= 0.6 is 27.3 Å². The maximum absolute atomic E-state index is 4.69. The van der Waals surface area contributed by atoms with Crippen LogP contribution in [0.5, 0.6) is 0 Å². The number of benzene rings is 3. The number of aliphatic imine (C=N–C) groups is 1. The van der Waals surface area contributed by atoms with E-state index in [1.54, 1.807) is 11.3 Å². The summed E-state index contributed by atoms with van der Waals surface area (Å²) in [6, 6.07) is 24.5. The number of fused-ring (bicyclic) bond motifs is 1. The number of nitrogens with zero attached hydrogens (tertiary/aromatic N) is 2. The van der Waals surface area contributed by atoms with Crippen molar-refractivity contribution in [1.29, 1.82) is 0 Å². The zero-order chi connectivity index (χ0) is 16.4. The monoisotopic (exact) mass is 392 g/mol. The second-order valence-electron chi connectivity index (χ2n) is 5.35. The van der Waals surface area contributed by atoms with Gasteiger partial charge in [-0.25, -0.2) is 4.98 Å². The fourth-order valence-electron chi connectivity index (χ4n) is 2.42. The molecule has 0 spiro atoms. The molecule has 2 nitrogen and oxygen atoms in total. The van der Waals surface area contributed by atoms with E-state index in [0.717, 1.165) is 31.8 Å². The molecule has 0 saturated carbocycles. The zero-order valence-electron chi connectivity index (χ0n) is 12.7. The molecule has 0 amide bonds. The van der Waals surface area contributed by atoms with Crippen molar-refractivity contribution in [2.75, 3.05) is 0 Å². The first-order valence-corrected chi connectivity index (χ1v) is 9.14. The summed E-state index contributed by atoms with van der Waals surface area (Å²) >= 11 is 5.18. The van der Waals surface area contributed by atoms with E-state index in [1.807, 2.05) is 60.8 Å². The van der Waals surface area contributed by atoms with E-state index < -0.39 is 0 Å². The van der Waals surface area contributed by atoms with Crippen LogP contribution in [0.1, 0.15) is 5.56 Å². The molecular formula is C20H13BrN2S. The summed E-state index contributed by atoms with van der Waals surface area (Å²) in [5, 5.41) is 1.04. The van der Waals surface area contributed by atoms with Gasteiger partial charge in [0, 0.05) is 16.3 Å². The minimum absolute atomic E-state index is 0.930. The molecule has 0 atom stereocenters. The van der Waals surface area contributed by atoms with Crippen molar-refractivity contribution in [3.63, 3.8) is 0 Å². The molecule has 0 unspecified atom stereocenters. The van der Waals surface area contributed by atoms with E-state index in [9.17, 15) is 0 Å². The lowest BCUT2D eigenvalue weighted by atomic mass is 10.2. The Labute approximate surface area is 152 Å². The molecule has 0 aliphatic heterocycles. The van der Waals surface area contributed by atoms with E-state index in [0.29, 0.717) is 0 Å². The van der Waals surface area contributed by atoms with Crippen molar-refractivity contribution in [3.05, 3.63) is 82.8 Å². The fourth-order valence-corrected chi connectivity index (χ4v) is 3.81. The van der Waals surface area contributed by atoms with E-state index in [-0.39, 0.29) is 0 Å². The minimum Gasteiger partial charge on any atom is -0.256 e. The highest BCUT2D eigenvalue weighted by atomic mass is 79.9. The van der Waals surface area contributed by atoms with Crippen LogP contribution in [0.25, 0.3) is 20.8 Å². The van der Waals surface area contributed by atoms with Gasteiger partial charge in [0.15, 0.2) is 0 Å². The molecule has 116 valence electrons. The molecule has 0 aliphatic rings. The van der Waals surface area contributed by atoms with Crippen LogP contribution in [0.2, 0.25) is 0 Å². The van der Waals surface area contributed by atoms with Gasteiger partial charge in [-0.05, 0) is 54.1 Å². The lowest BCUT2D eigenvalue weighted by Gasteiger charge is -1.98. The molecule has 0 radical (unpaired) electrons. The van der Waals surface area contributed by atoms with E-state index in [1.165, 1.54) is 4.70 Å². The number of rotatable bonds is 3. The molecule has 4 aromatic rings. The Hall–Kier alpha value is -2.30. The Kier molecular flexibility index (Phi) is 4.24. The molecule has 3 aromatic carbocycles. The Morgan fingerprint density at radius 3 is 2.54 bits per heavy atom. The van der Waals surface area contributed by atoms with Gasteiger partial charge in [-0.15, -0.1) is 11.3 Å². The first-order chi connectivity index (χ1) is 11.8. The smallest absolute Gasteiger partial charge is 0.124 e. The van der Waals surface area contributed by atoms with E-state index >= 15 is 0 Å². The number of hydrogen-bond donors (Lipinski definition) is 0. The predicted octanol–water partition coefficient (Wildman–Crippen LogP) is 6.48. The summed E-state index contributed by atoms with van der Waals surface area (Å²) in [5.74, 6) is 0. The maximum Gasteiger partial charge on any atom is 0.124 e. The van der Waals surface area contributed by atoms with Crippen molar-refractivity contribution in [2.45, 2.75) is 0 Å². The second kappa shape index (κ2) is 6.67. The molecule has 0 aliphatic carbocycles. The first-order valence-electron chi connectivity index (χ1n) is 7.54. The van der Waals surface area contributed by atoms with Gasteiger partial charge in [-0.3, -0.25) is 4.99 Å². The maximum atomic E-state index is 4.69. The average Bonchev–Trinajstić information content (AvgIpc) is 3.05. The molecule has 24 heavy (non-hydrogen) atoms. The lowest BCUT2D eigenvalue weighted by molar-refractivity contribution is 1.46. The number of para-hydroxylation sites is 1. The number of aromatic nitrogens is 1. The molecule has 0 fully saturated rings. The fraction of sp³-hybridized carbons (Fsp3) is 0. The zero-order valence-corrected chi connectivity index (χ0v) is 15.1. The summed E-state index contributed by atoms with van der Waals surface area (Å²) < 4.78 is 2.27. The SMILES string of the molecule is Brc1cccc(C=Nc2ccc(-c3nc4ccccc4s3)cc2)c1. The summed E-state index contributed by atoms with van der Waals surface area (Å²) in [4.78, 5) is 9.22. The highest BCUT2D eigenvalue weighted by Gasteiger charge is 2.05. The largest absolute Gasteiger partial charge is 0.256 e. The lowest BCUT2D eigenvalue weighted by Crippen LogP contribution is -1.80. The van der Waals surface area contributed by atoms with Crippen molar-refractivity contribution >= 4 is 49.4 Å². The van der Waals surface area contributed by atoms with Crippen LogP contribution in [-0.2, 0) is 0 Å². The molecule has 4 rings (SSSR count). The average molecular weight is 393 g/mol. The first kappa shape index (κ1) is 15.2. The second-order valence-corrected chi connectivity index (χ2v) is 7.29. The van der Waals surface area contributed by atoms with Crippen LogP contribution in [0.4, 0.5) is 5.69 Å². The third kappa shape index (κ3) is 3.30. The van der Waals surface area contributed by atoms with Gasteiger partial charge in [0.1, 0.15) is 5.01 Å². The summed E-state index contributed by atoms with van der Waals surface area (Å²) in [6.45, 7) is 0. The quantitative estimate of drug-likeness (QED) is 0.366. The normalized spacial score (nSPS) is 11.4. The number of halogens is 1. The Bertz CT molecular complexity index is 986. The van der Waals surface area contributed by atoms with Gasteiger partial charge in [-0.1, -0.05) is 40.2 Å². The molecule has 1 heterocycles. The van der Waals surface area contributed by atoms with Crippen LogP contribution in [0.3, 0.4) is 0 Å². The third-order valence-corrected chi connectivity index (χ3v) is 5.20. The molecule has 4 heteroatoms. The van der Waals surface area contributed by atoms with E-state index in [4.69, 9.17) is 4.98 Å². The van der Waals surface area contributed by atoms with Crippen molar-refractivity contribution in [1.82, 2.24) is 4.98 Å². The van der Waals surface area contributed by atoms with Gasteiger partial charge in [0.05, 0.1) is 15.9 Å². The standard InChI is InChI=1S/C20H13BrN2S/c21-16-5-3-4-14(12-16)13-22-17-10-8-15(9-11-17)20-23-18-6-1-2-7-19(18)24-20/h1-13H. The van der Waals surface area contributed by atoms with Gasteiger partial charge < -0.3 is 0 Å². The summed E-state index contributed by atoms with van der Waals surface area (Å²) in [7, 11) is 0. The molecular weight excluding hydrogens is 380 g/mol. The third-order valence-electron chi connectivity index (χ3n) is 3.62. The highest BCUT2D eigenvalue weighted by molar-refractivity contribution is 9.10. The summed E-state index contributed by atoms with van der Waals surface area (Å²) in [6.07, 6.45) is 1.87.